The van der Waals surface area contributed by atoms with Crippen LogP contribution >= 0.6 is 0 Å². The number of hydrogen-bond donors (Lipinski definition) is 1. The van der Waals surface area contributed by atoms with Crippen molar-refractivity contribution in [1.82, 2.24) is 9.97 Å². The first-order valence-electron chi connectivity index (χ1n) is 7.25. The number of carbonyl (C=O) groups is 2. The Morgan fingerprint density at radius 3 is 2.55 bits per heavy atom. The molecule has 1 aromatic rings. The number of methoxy groups -OCH3 is 1. The fourth-order valence-corrected chi connectivity index (χ4v) is 4.10. The second kappa shape index (κ2) is 4.66. The van der Waals surface area contributed by atoms with Gasteiger partial charge in [0.15, 0.2) is 5.69 Å². The monoisotopic (exact) mass is 304 g/mol. The van der Waals surface area contributed by atoms with Crippen molar-refractivity contribution >= 4 is 17.7 Å². The van der Waals surface area contributed by atoms with Gasteiger partial charge in [0.05, 0.1) is 24.9 Å². The molecule has 2 atom stereocenters. The number of primary amides is 1. The first-order chi connectivity index (χ1) is 10.3. The Hall–Kier alpha value is -2.18. The number of aromatic nitrogens is 2. The highest BCUT2D eigenvalue weighted by molar-refractivity contribution is 5.87. The lowest BCUT2D eigenvalue weighted by atomic mass is 9.48. The molecular formula is C15H20N4O3. The van der Waals surface area contributed by atoms with E-state index < -0.39 is 11.4 Å². The predicted molar refractivity (Wildman–Crippen MR) is 79.1 cm³/mol. The molecule has 2 fully saturated rings. The van der Waals surface area contributed by atoms with Crippen molar-refractivity contribution in [3.8, 4) is 0 Å². The smallest absolute Gasteiger partial charge is 0.358 e. The summed E-state index contributed by atoms with van der Waals surface area (Å²) in [4.78, 5) is 33.7. The van der Waals surface area contributed by atoms with E-state index in [-0.39, 0.29) is 22.9 Å². The summed E-state index contributed by atoms with van der Waals surface area (Å²) < 4.78 is 4.60. The van der Waals surface area contributed by atoms with Crippen molar-refractivity contribution in [2.75, 3.05) is 25.1 Å². The van der Waals surface area contributed by atoms with Crippen molar-refractivity contribution in [2.45, 2.75) is 20.3 Å². The third-order valence-electron chi connectivity index (χ3n) is 5.10. The predicted octanol–water partition coefficient (Wildman–Crippen LogP) is 0.601. The Morgan fingerprint density at radius 2 is 2.09 bits per heavy atom. The van der Waals surface area contributed by atoms with E-state index >= 15 is 0 Å². The topological polar surface area (TPSA) is 98.4 Å². The molecule has 118 valence electrons. The number of hydrogen-bond acceptors (Lipinski definition) is 6. The van der Waals surface area contributed by atoms with Crippen LogP contribution in [0.25, 0.3) is 0 Å². The number of carbonyl (C=O) groups excluding carboxylic acids is 2. The van der Waals surface area contributed by atoms with Gasteiger partial charge >= 0.3 is 5.97 Å². The zero-order valence-electron chi connectivity index (χ0n) is 13.0. The Bertz CT molecular complexity index is 628. The maximum absolute atomic E-state index is 11.9. The van der Waals surface area contributed by atoms with Crippen LogP contribution in [0.2, 0.25) is 0 Å². The van der Waals surface area contributed by atoms with Gasteiger partial charge in [0, 0.05) is 13.1 Å². The largest absolute Gasteiger partial charge is 0.464 e. The molecule has 0 unspecified atom stereocenters. The highest BCUT2D eigenvalue weighted by Crippen LogP contribution is 2.62. The van der Waals surface area contributed by atoms with Crippen molar-refractivity contribution < 1.29 is 14.3 Å². The van der Waals surface area contributed by atoms with Crippen LogP contribution in [-0.2, 0) is 9.53 Å². The van der Waals surface area contributed by atoms with E-state index in [2.05, 4.69) is 28.6 Å². The summed E-state index contributed by atoms with van der Waals surface area (Å²) in [6, 6.07) is 0. The van der Waals surface area contributed by atoms with E-state index in [1.807, 2.05) is 4.90 Å². The summed E-state index contributed by atoms with van der Waals surface area (Å²) >= 11 is 0. The number of nitrogens with two attached hydrogens (primary N) is 1. The highest BCUT2D eigenvalue weighted by atomic mass is 16.5. The average molecular weight is 304 g/mol. The summed E-state index contributed by atoms with van der Waals surface area (Å²) in [5.74, 6) is 0.117. The van der Waals surface area contributed by atoms with Gasteiger partial charge in [0.25, 0.3) is 0 Å². The second-order valence-corrected chi connectivity index (χ2v) is 6.87. The molecule has 3 rings (SSSR count). The molecule has 2 N–H and O–H groups in total. The Morgan fingerprint density at radius 1 is 1.36 bits per heavy atom. The Labute approximate surface area is 128 Å². The third kappa shape index (κ3) is 1.95. The van der Waals surface area contributed by atoms with Crippen LogP contribution in [0.5, 0.6) is 0 Å². The van der Waals surface area contributed by atoms with E-state index in [1.165, 1.54) is 13.3 Å². The molecule has 7 heteroatoms. The van der Waals surface area contributed by atoms with E-state index in [0.29, 0.717) is 12.4 Å². The maximum Gasteiger partial charge on any atom is 0.358 e. The number of nitrogens with zero attached hydrogens (tertiary/aromatic N) is 3. The summed E-state index contributed by atoms with van der Waals surface area (Å²) in [7, 11) is 1.30. The van der Waals surface area contributed by atoms with Crippen LogP contribution in [0.15, 0.2) is 12.4 Å². The third-order valence-corrected chi connectivity index (χ3v) is 5.10. The maximum atomic E-state index is 11.9. The minimum atomic E-state index is -0.518. The zero-order valence-corrected chi connectivity index (χ0v) is 13.0. The molecule has 7 nitrogen and oxygen atoms in total. The quantitative estimate of drug-likeness (QED) is 0.821. The SMILES string of the molecule is COC(=O)c1cnc(N2C[C@@H]3C(C)(C)C[C@]3(C(N)=O)C2)cn1. The van der Waals surface area contributed by atoms with Gasteiger partial charge in [0.2, 0.25) is 5.91 Å². The molecule has 1 aliphatic carbocycles. The highest BCUT2D eigenvalue weighted by Gasteiger charge is 2.66. The van der Waals surface area contributed by atoms with Crippen LogP contribution in [0.1, 0.15) is 30.8 Å². The number of anilines is 1. The average Bonchev–Trinajstić information content (AvgIpc) is 2.83. The van der Waals surface area contributed by atoms with Crippen LogP contribution in [0.4, 0.5) is 5.82 Å². The number of rotatable bonds is 3. The lowest BCUT2D eigenvalue weighted by Crippen LogP contribution is -2.59. The first-order valence-corrected chi connectivity index (χ1v) is 7.25. The van der Waals surface area contributed by atoms with Crippen molar-refractivity contribution in [2.24, 2.45) is 22.5 Å². The number of amides is 1. The Kier molecular flexibility index (Phi) is 3.12. The van der Waals surface area contributed by atoms with Crippen molar-refractivity contribution in [3.05, 3.63) is 18.1 Å². The Balaban J connectivity index is 1.83. The van der Waals surface area contributed by atoms with Crippen LogP contribution in [0.3, 0.4) is 0 Å². The molecular weight excluding hydrogens is 284 g/mol. The molecule has 0 aromatic carbocycles. The normalized spacial score (nSPS) is 28.7. The van der Waals surface area contributed by atoms with Gasteiger partial charge in [0.1, 0.15) is 5.82 Å². The van der Waals surface area contributed by atoms with Gasteiger partial charge in [-0.3, -0.25) is 4.79 Å². The van der Waals surface area contributed by atoms with Crippen LogP contribution in [-0.4, -0.2) is 42.0 Å². The first kappa shape index (κ1) is 14.7. The molecule has 2 heterocycles. The molecule has 1 amide bonds. The van der Waals surface area contributed by atoms with Crippen molar-refractivity contribution in [1.29, 1.82) is 0 Å². The van der Waals surface area contributed by atoms with Crippen LogP contribution in [0, 0.1) is 16.7 Å². The minimum Gasteiger partial charge on any atom is -0.464 e. The summed E-state index contributed by atoms with van der Waals surface area (Å²) in [6.45, 7) is 5.60. The minimum absolute atomic E-state index is 0.100. The molecule has 1 aliphatic heterocycles. The molecule has 22 heavy (non-hydrogen) atoms. The molecule has 2 aliphatic rings. The van der Waals surface area contributed by atoms with Crippen molar-refractivity contribution in [3.63, 3.8) is 0 Å². The fraction of sp³-hybridized carbons (Fsp3) is 0.600. The zero-order chi connectivity index (χ0) is 16.1. The van der Waals surface area contributed by atoms with E-state index in [4.69, 9.17) is 5.73 Å². The molecule has 1 saturated heterocycles. The lowest BCUT2D eigenvalue weighted by molar-refractivity contribution is -0.148. The van der Waals surface area contributed by atoms with Crippen LogP contribution < -0.4 is 10.6 Å². The number of fused-ring (bicyclic) bond motifs is 1. The molecule has 1 aromatic heterocycles. The van der Waals surface area contributed by atoms with Gasteiger partial charge in [-0.25, -0.2) is 14.8 Å². The second-order valence-electron chi connectivity index (χ2n) is 6.87. The van der Waals surface area contributed by atoms with Gasteiger partial charge < -0.3 is 15.4 Å². The summed E-state index contributed by atoms with van der Waals surface area (Å²) in [5, 5.41) is 0. The summed E-state index contributed by atoms with van der Waals surface area (Å²) in [5.41, 5.74) is 5.45. The number of ether oxygens (including phenoxy) is 1. The lowest BCUT2D eigenvalue weighted by Gasteiger charge is -2.54. The number of esters is 1. The van der Waals surface area contributed by atoms with E-state index in [0.717, 1.165) is 13.0 Å². The van der Waals surface area contributed by atoms with E-state index in [9.17, 15) is 9.59 Å². The molecule has 0 bridgehead atoms. The van der Waals surface area contributed by atoms with Gasteiger partial charge in [-0.2, -0.15) is 0 Å². The van der Waals surface area contributed by atoms with Gasteiger partial charge in [-0.15, -0.1) is 0 Å². The molecule has 1 saturated carbocycles. The fourth-order valence-electron chi connectivity index (χ4n) is 4.10. The molecule has 0 spiro atoms. The standard InChI is InChI=1S/C15H20N4O3/c1-14(2)7-15(13(16)21)8-19(6-10(14)15)11-5-17-9(4-18-11)12(20)22-3/h4-5,10H,6-8H2,1-3H3,(H2,16,21)/t10-,15+/m1/s1. The summed E-state index contributed by atoms with van der Waals surface area (Å²) in [6.07, 6.45) is 3.73. The van der Waals surface area contributed by atoms with E-state index in [1.54, 1.807) is 6.20 Å². The molecule has 0 radical (unpaired) electrons. The van der Waals surface area contributed by atoms with Gasteiger partial charge in [-0.05, 0) is 17.8 Å². The van der Waals surface area contributed by atoms with Gasteiger partial charge in [-0.1, -0.05) is 13.8 Å².